The van der Waals surface area contributed by atoms with Crippen molar-refractivity contribution in [2.45, 2.75) is 25.7 Å². The van der Waals surface area contributed by atoms with Gasteiger partial charge in [-0.2, -0.15) is 0 Å². The van der Waals surface area contributed by atoms with Crippen molar-refractivity contribution < 1.29 is 0 Å². The summed E-state index contributed by atoms with van der Waals surface area (Å²) in [4.78, 5) is 3.09. The van der Waals surface area contributed by atoms with E-state index in [0.717, 1.165) is 35.4 Å². The molecular formula is C13H21N3S2. The number of hydrogen-bond acceptors (Lipinski definition) is 4. The van der Waals surface area contributed by atoms with E-state index in [4.69, 9.17) is 23.7 Å². The standard InChI is InChI=1S/C7H5NS2.C6H16N2/c9-7-8-5-3-1-2-4-6(5)10-7;7-5-3-1-2-4-6-8/h1-4H,(H,8,9);1-8H2. The van der Waals surface area contributed by atoms with Gasteiger partial charge in [0.2, 0.25) is 0 Å². The number of benzene rings is 1. The van der Waals surface area contributed by atoms with E-state index in [2.05, 4.69) is 11.1 Å². The van der Waals surface area contributed by atoms with Gasteiger partial charge < -0.3 is 16.5 Å². The molecule has 1 aromatic carbocycles. The van der Waals surface area contributed by atoms with E-state index < -0.39 is 0 Å². The van der Waals surface area contributed by atoms with Gasteiger partial charge in [0.25, 0.3) is 0 Å². The average molecular weight is 283 g/mol. The number of rotatable bonds is 5. The molecule has 18 heavy (non-hydrogen) atoms. The van der Waals surface area contributed by atoms with E-state index >= 15 is 0 Å². The molecule has 5 N–H and O–H groups in total. The summed E-state index contributed by atoms with van der Waals surface area (Å²) < 4.78 is 2.08. The Labute approximate surface area is 117 Å². The van der Waals surface area contributed by atoms with E-state index in [1.165, 1.54) is 17.5 Å². The monoisotopic (exact) mass is 283 g/mol. The van der Waals surface area contributed by atoms with Crippen LogP contribution in [-0.4, -0.2) is 18.1 Å². The molecule has 0 saturated carbocycles. The number of nitrogens with two attached hydrogens (primary N) is 2. The lowest BCUT2D eigenvalue weighted by Crippen LogP contribution is -2.00. The van der Waals surface area contributed by atoms with Crippen LogP contribution in [0.2, 0.25) is 0 Å². The maximum atomic E-state index is 5.28. The summed E-state index contributed by atoms with van der Waals surface area (Å²) in [6.45, 7) is 1.65. The van der Waals surface area contributed by atoms with Crippen molar-refractivity contribution in [3.8, 4) is 0 Å². The van der Waals surface area contributed by atoms with Gasteiger partial charge in [-0.25, -0.2) is 0 Å². The van der Waals surface area contributed by atoms with Crippen molar-refractivity contribution in [3.05, 3.63) is 28.2 Å². The molecule has 0 bridgehead atoms. The van der Waals surface area contributed by atoms with E-state index in [-0.39, 0.29) is 0 Å². The summed E-state index contributed by atoms with van der Waals surface area (Å²) in [5, 5.41) is 0. The van der Waals surface area contributed by atoms with Crippen LogP contribution in [0.3, 0.4) is 0 Å². The Balaban J connectivity index is 0.000000187. The van der Waals surface area contributed by atoms with Crippen LogP contribution in [0.4, 0.5) is 0 Å². The minimum absolute atomic E-state index is 0.824. The molecule has 1 aromatic heterocycles. The summed E-state index contributed by atoms with van der Waals surface area (Å²) in [5.74, 6) is 0. The van der Waals surface area contributed by atoms with Crippen LogP contribution in [0.15, 0.2) is 24.3 Å². The predicted octanol–water partition coefficient (Wildman–Crippen LogP) is 3.42. The Hall–Kier alpha value is -0.750. The van der Waals surface area contributed by atoms with Crippen molar-refractivity contribution in [2.75, 3.05) is 13.1 Å². The van der Waals surface area contributed by atoms with Gasteiger partial charge in [0, 0.05) is 0 Å². The van der Waals surface area contributed by atoms with Crippen LogP contribution in [0, 0.1) is 3.95 Å². The predicted molar refractivity (Wildman–Crippen MR) is 83.6 cm³/mol. The number of thiazole rings is 1. The fraction of sp³-hybridized carbons (Fsp3) is 0.462. The van der Waals surface area contributed by atoms with Crippen LogP contribution < -0.4 is 11.5 Å². The zero-order valence-electron chi connectivity index (χ0n) is 10.5. The highest BCUT2D eigenvalue weighted by molar-refractivity contribution is 7.73. The lowest BCUT2D eigenvalue weighted by atomic mass is 10.2. The second-order valence-electron chi connectivity index (χ2n) is 4.00. The van der Waals surface area contributed by atoms with Gasteiger partial charge in [-0.3, -0.25) is 0 Å². The second kappa shape index (κ2) is 9.22. The zero-order valence-corrected chi connectivity index (χ0v) is 12.2. The molecule has 0 amide bonds. The molecule has 0 atom stereocenters. The third kappa shape index (κ3) is 5.73. The average Bonchev–Trinajstić information content (AvgIpc) is 2.75. The number of unbranched alkanes of at least 4 members (excludes halogenated alkanes) is 3. The first kappa shape index (κ1) is 15.3. The summed E-state index contributed by atoms with van der Waals surface area (Å²) >= 11 is 6.59. The Morgan fingerprint density at radius 1 is 1.00 bits per heavy atom. The number of aromatic amines is 1. The number of H-pyrrole nitrogens is 1. The molecule has 3 nitrogen and oxygen atoms in total. The van der Waals surface area contributed by atoms with Crippen molar-refractivity contribution >= 4 is 33.8 Å². The molecule has 1 heterocycles. The molecule has 2 rings (SSSR count). The molecule has 100 valence electrons. The van der Waals surface area contributed by atoms with E-state index in [1.54, 1.807) is 11.3 Å². The van der Waals surface area contributed by atoms with Crippen molar-refractivity contribution in [3.63, 3.8) is 0 Å². The first-order valence-corrected chi connectivity index (χ1v) is 7.48. The highest BCUT2D eigenvalue weighted by atomic mass is 32.1. The fourth-order valence-electron chi connectivity index (χ4n) is 1.54. The Bertz CT molecular complexity index is 448. The van der Waals surface area contributed by atoms with E-state index in [9.17, 15) is 0 Å². The Morgan fingerprint density at radius 3 is 2.17 bits per heavy atom. The van der Waals surface area contributed by atoms with Crippen molar-refractivity contribution in [1.82, 2.24) is 4.98 Å². The molecule has 0 saturated heterocycles. The maximum Gasteiger partial charge on any atom is 0.159 e. The second-order valence-corrected chi connectivity index (χ2v) is 5.72. The number of hydrogen-bond donors (Lipinski definition) is 3. The largest absolute Gasteiger partial charge is 0.337 e. The smallest absolute Gasteiger partial charge is 0.159 e. The maximum absolute atomic E-state index is 5.28. The minimum atomic E-state index is 0.824. The molecule has 2 aromatic rings. The van der Waals surface area contributed by atoms with E-state index in [1.807, 2.05) is 18.2 Å². The summed E-state index contributed by atoms with van der Waals surface area (Å²) in [7, 11) is 0. The van der Waals surface area contributed by atoms with Gasteiger partial charge in [-0.1, -0.05) is 25.0 Å². The SMILES string of the molecule is NCCCCCCN.S=c1[nH]c2ccccc2s1. The molecule has 0 aliphatic rings. The highest BCUT2D eigenvalue weighted by Crippen LogP contribution is 2.17. The van der Waals surface area contributed by atoms with Crippen LogP contribution in [0.5, 0.6) is 0 Å². The van der Waals surface area contributed by atoms with E-state index in [0.29, 0.717) is 0 Å². The van der Waals surface area contributed by atoms with Crippen LogP contribution in [0.25, 0.3) is 10.2 Å². The summed E-state index contributed by atoms with van der Waals surface area (Å²) in [6, 6.07) is 8.11. The molecular weight excluding hydrogens is 262 g/mol. The number of nitrogens with one attached hydrogen (secondary N) is 1. The van der Waals surface area contributed by atoms with Gasteiger partial charge in [0.05, 0.1) is 10.2 Å². The molecule has 0 aliphatic carbocycles. The third-order valence-electron chi connectivity index (χ3n) is 2.48. The van der Waals surface area contributed by atoms with Crippen LogP contribution in [-0.2, 0) is 0 Å². The van der Waals surface area contributed by atoms with Crippen molar-refractivity contribution in [1.29, 1.82) is 0 Å². The van der Waals surface area contributed by atoms with Crippen LogP contribution >= 0.6 is 23.6 Å². The number of para-hydroxylation sites is 1. The lowest BCUT2D eigenvalue weighted by molar-refractivity contribution is 0.653. The molecule has 5 heteroatoms. The summed E-state index contributed by atoms with van der Waals surface area (Å²) in [6.07, 6.45) is 4.79. The molecule has 0 spiro atoms. The van der Waals surface area contributed by atoms with Gasteiger partial charge in [0.1, 0.15) is 0 Å². The fourth-order valence-corrected chi connectivity index (χ4v) is 2.65. The quantitative estimate of drug-likeness (QED) is 0.582. The number of aromatic nitrogens is 1. The first-order chi connectivity index (χ1) is 8.77. The topological polar surface area (TPSA) is 67.8 Å². The summed E-state index contributed by atoms with van der Waals surface area (Å²) in [5.41, 5.74) is 11.7. The Morgan fingerprint density at radius 2 is 1.61 bits per heavy atom. The Kier molecular flexibility index (Phi) is 7.84. The van der Waals surface area contributed by atoms with Gasteiger partial charge in [-0.05, 0) is 50.3 Å². The number of fused-ring (bicyclic) bond motifs is 1. The molecule has 0 radical (unpaired) electrons. The molecule has 0 fully saturated rings. The normalized spacial score (nSPS) is 10.1. The zero-order chi connectivity index (χ0) is 13.2. The molecule has 0 unspecified atom stereocenters. The minimum Gasteiger partial charge on any atom is -0.337 e. The lowest BCUT2D eigenvalue weighted by Gasteiger charge is -1.94. The third-order valence-corrected chi connectivity index (χ3v) is 3.70. The highest BCUT2D eigenvalue weighted by Gasteiger charge is 1.91. The molecule has 0 aliphatic heterocycles. The van der Waals surface area contributed by atoms with Gasteiger partial charge in [-0.15, -0.1) is 11.3 Å². The van der Waals surface area contributed by atoms with Crippen molar-refractivity contribution in [2.24, 2.45) is 11.5 Å². The van der Waals surface area contributed by atoms with Gasteiger partial charge >= 0.3 is 0 Å². The first-order valence-electron chi connectivity index (χ1n) is 6.26. The van der Waals surface area contributed by atoms with Crippen LogP contribution in [0.1, 0.15) is 25.7 Å². The van der Waals surface area contributed by atoms with Gasteiger partial charge in [0.15, 0.2) is 3.95 Å².